The molecule has 0 aliphatic carbocycles. The van der Waals surface area contributed by atoms with Gasteiger partial charge in [0, 0.05) is 20.0 Å². The van der Waals surface area contributed by atoms with Crippen LogP contribution in [-0.4, -0.2) is 41.4 Å². The molecule has 118 valence electrons. The van der Waals surface area contributed by atoms with Crippen molar-refractivity contribution in [2.45, 2.75) is 25.3 Å². The summed E-state index contributed by atoms with van der Waals surface area (Å²) in [6.45, 7) is 2.03. The van der Waals surface area contributed by atoms with E-state index < -0.39 is 23.3 Å². The lowest BCUT2D eigenvalue weighted by atomic mass is 9.86. The number of carbonyl (C=O) groups excluding carboxylic acids is 2. The fourth-order valence-electron chi connectivity index (χ4n) is 2.77. The molecule has 1 aromatic carbocycles. The average Bonchev–Trinajstić information content (AvgIpc) is 2.85. The number of aliphatic carboxylic acids is 1. The molecule has 2 unspecified atom stereocenters. The number of hydrogen-bond acceptors (Lipinski definition) is 3. The number of carboxylic acid groups (broad SMARTS) is 1. The monoisotopic (exact) mass is 304 g/mol. The standard InChI is InChI=1S/C16H20N2O4/c1-3-16(15(21)22,12-7-5-4-6-8-12)17-14(20)11-9-13(19)18(2)10-11/h4-8,11H,3,9-10H2,1-2H3,(H,17,20)(H,21,22). The number of nitrogens with zero attached hydrogens (tertiary/aromatic N) is 1. The van der Waals surface area contributed by atoms with Crippen LogP contribution in [0.15, 0.2) is 30.3 Å². The molecular weight excluding hydrogens is 284 g/mol. The summed E-state index contributed by atoms with van der Waals surface area (Å²) in [5.74, 6) is -2.11. The molecule has 1 aliphatic rings. The van der Waals surface area contributed by atoms with Gasteiger partial charge in [-0.3, -0.25) is 9.59 Å². The van der Waals surface area contributed by atoms with Crippen LogP contribution < -0.4 is 5.32 Å². The lowest BCUT2D eigenvalue weighted by Gasteiger charge is -2.31. The van der Waals surface area contributed by atoms with Gasteiger partial charge in [-0.25, -0.2) is 4.79 Å². The van der Waals surface area contributed by atoms with E-state index in [0.29, 0.717) is 12.1 Å². The molecule has 22 heavy (non-hydrogen) atoms. The number of likely N-dealkylation sites (tertiary alicyclic amines) is 1. The molecule has 0 bridgehead atoms. The molecule has 6 heteroatoms. The zero-order chi connectivity index (χ0) is 16.3. The van der Waals surface area contributed by atoms with E-state index in [4.69, 9.17) is 0 Å². The first-order valence-corrected chi connectivity index (χ1v) is 7.25. The average molecular weight is 304 g/mol. The highest BCUT2D eigenvalue weighted by Gasteiger charge is 2.43. The van der Waals surface area contributed by atoms with Gasteiger partial charge in [0.15, 0.2) is 5.54 Å². The van der Waals surface area contributed by atoms with Gasteiger partial charge in [-0.2, -0.15) is 0 Å². The third kappa shape index (κ3) is 2.81. The molecule has 1 aliphatic heterocycles. The first kappa shape index (κ1) is 16.0. The van der Waals surface area contributed by atoms with Gasteiger partial charge in [-0.1, -0.05) is 37.3 Å². The first-order chi connectivity index (χ1) is 10.4. The van der Waals surface area contributed by atoms with Crippen molar-refractivity contribution in [2.75, 3.05) is 13.6 Å². The van der Waals surface area contributed by atoms with Gasteiger partial charge in [-0.15, -0.1) is 0 Å². The smallest absolute Gasteiger partial charge is 0.334 e. The van der Waals surface area contributed by atoms with Crippen LogP contribution in [0.1, 0.15) is 25.3 Å². The lowest BCUT2D eigenvalue weighted by molar-refractivity contribution is -0.149. The van der Waals surface area contributed by atoms with Gasteiger partial charge < -0.3 is 15.3 Å². The second-order valence-electron chi connectivity index (χ2n) is 5.59. The van der Waals surface area contributed by atoms with Crippen molar-refractivity contribution in [3.63, 3.8) is 0 Å². The Kier molecular flexibility index (Phi) is 4.49. The lowest BCUT2D eigenvalue weighted by Crippen LogP contribution is -2.53. The second kappa shape index (κ2) is 6.17. The van der Waals surface area contributed by atoms with Gasteiger partial charge in [-0.05, 0) is 12.0 Å². The van der Waals surface area contributed by atoms with Gasteiger partial charge in [0.25, 0.3) is 0 Å². The molecule has 0 radical (unpaired) electrons. The Morgan fingerprint density at radius 2 is 2.00 bits per heavy atom. The Bertz CT molecular complexity index is 587. The molecule has 1 aromatic rings. The maximum absolute atomic E-state index is 12.4. The molecule has 2 atom stereocenters. The van der Waals surface area contributed by atoms with E-state index in [1.165, 1.54) is 4.90 Å². The molecule has 2 rings (SSSR count). The minimum Gasteiger partial charge on any atom is -0.479 e. The third-order valence-corrected chi connectivity index (χ3v) is 4.21. The van der Waals surface area contributed by atoms with Crippen LogP contribution in [0.4, 0.5) is 0 Å². The molecule has 1 fully saturated rings. The van der Waals surface area contributed by atoms with Crippen LogP contribution in [0.25, 0.3) is 0 Å². The molecule has 1 heterocycles. The minimum absolute atomic E-state index is 0.0997. The van der Waals surface area contributed by atoms with Gasteiger partial charge >= 0.3 is 5.97 Å². The number of benzene rings is 1. The van der Waals surface area contributed by atoms with Crippen LogP contribution in [0, 0.1) is 5.92 Å². The predicted molar refractivity (Wildman–Crippen MR) is 79.9 cm³/mol. The number of hydrogen-bond donors (Lipinski definition) is 2. The fraction of sp³-hybridized carbons (Fsp3) is 0.438. The van der Waals surface area contributed by atoms with Gasteiger partial charge in [0.1, 0.15) is 0 Å². The molecule has 2 N–H and O–H groups in total. The molecule has 0 saturated carbocycles. The quantitative estimate of drug-likeness (QED) is 0.848. The molecule has 0 spiro atoms. The van der Waals surface area contributed by atoms with Crippen molar-refractivity contribution in [3.8, 4) is 0 Å². The molecular formula is C16H20N2O4. The predicted octanol–water partition coefficient (Wildman–Crippen LogP) is 0.971. The van der Waals surface area contributed by atoms with Crippen LogP contribution in [0.2, 0.25) is 0 Å². The Morgan fingerprint density at radius 1 is 1.36 bits per heavy atom. The number of carboxylic acids is 1. The number of rotatable bonds is 5. The van der Waals surface area contributed by atoms with Crippen molar-refractivity contribution in [3.05, 3.63) is 35.9 Å². The van der Waals surface area contributed by atoms with Gasteiger partial charge in [0.05, 0.1) is 5.92 Å². The van der Waals surface area contributed by atoms with E-state index in [9.17, 15) is 19.5 Å². The van der Waals surface area contributed by atoms with Crippen LogP contribution in [0.5, 0.6) is 0 Å². The minimum atomic E-state index is -1.47. The van der Waals surface area contributed by atoms with Crippen LogP contribution >= 0.6 is 0 Å². The number of nitrogens with one attached hydrogen (secondary N) is 1. The summed E-state index contributed by atoms with van der Waals surface area (Å²) in [6.07, 6.45) is 0.338. The summed E-state index contributed by atoms with van der Waals surface area (Å²) in [7, 11) is 1.64. The van der Waals surface area contributed by atoms with Crippen molar-refractivity contribution in [1.82, 2.24) is 10.2 Å². The Labute approximate surface area is 129 Å². The highest BCUT2D eigenvalue weighted by atomic mass is 16.4. The molecule has 6 nitrogen and oxygen atoms in total. The second-order valence-corrected chi connectivity index (χ2v) is 5.59. The highest BCUT2D eigenvalue weighted by molar-refractivity contribution is 5.93. The summed E-state index contributed by atoms with van der Waals surface area (Å²) in [4.78, 5) is 37.3. The highest BCUT2D eigenvalue weighted by Crippen LogP contribution is 2.27. The van der Waals surface area contributed by atoms with Gasteiger partial charge in [0.2, 0.25) is 11.8 Å². The molecule has 0 aromatic heterocycles. The van der Waals surface area contributed by atoms with E-state index in [2.05, 4.69) is 5.32 Å². The third-order valence-electron chi connectivity index (χ3n) is 4.21. The normalized spacial score (nSPS) is 20.5. The van der Waals surface area contributed by atoms with E-state index in [1.807, 2.05) is 0 Å². The SMILES string of the molecule is CCC(NC(=O)C1CC(=O)N(C)C1)(C(=O)O)c1ccccc1. The summed E-state index contributed by atoms with van der Waals surface area (Å²) in [5.41, 5.74) is -0.946. The largest absolute Gasteiger partial charge is 0.479 e. The summed E-state index contributed by atoms with van der Waals surface area (Å²) in [5, 5.41) is 12.3. The maximum Gasteiger partial charge on any atom is 0.334 e. The maximum atomic E-state index is 12.4. The van der Waals surface area contributed by atoms with Crippen molar-refractivity contribution >= 4 is 17.8 Å². The van der Waals surface area contributed by atoms with E-state index in [-0.39, 0.29) is 18.7 Å². The first-order valence-electron chi connectivity index (χ1n) is 7.25. The summed E-state index contributed by atoms with van der Waals surface area (Å²) < 4.78 is 0. The summed E-state index contributed by atoms with van der Waals surface area (Å²) >= 11 is 0. The fourth-order valence-corrected chi connectivity index (χ4v) is 2.77. The number of amides is 2. The van der Waals surface area contributed by atoms with E-state index in [1.54, 1.807) is 44.3 Å². The van der Waals surface area contributed by atoms with Crippen molar-refractivity contribution in [2.24, 2.45) is 5.92 Å². The van der Waals surface area contributed by atoms with E-state index >= 15 is 0 Å². The van der Waals surface area contributed by atoms with E-state index in [0.717, 1.165) is 0 Å². The molecule has 2 amide bonds. The Morgan fingerprint density at radius 3 is 2.45 bits per heavy atom. The zero-order valence-electron chi connectivity index (χ0n) is 12.7. The summed E-state index contributed by atoms with van der Waals surface area (Å²) in [6, 6.07) is 8.63. The Hall–Kier alpha value is -2.37. The van der Waals surface area contributed by atoms with Crippen molar-refractivity contribution < 1.29 is 19.5 Å². The zero-order valence-corrected chi connectivity index (χ0v) is 12.7. The van der Waals surface area contributed by atoms with Crippen molar-refractivity contribution in [1.29, 1.82) is 0 Å². The van der Waals surface area contributed by atoms with Crippen LogP contribution in [0.3, 0.4) is 0 Å². The molecule has 1 saturated heterocycles. The van der Waals surface area contributed by atoms with Crippen LogP contribution in [-0.2, 0) is 19.9 Å². The Balaban J connectivity index is 2.26. The number of carbonyl (C=O) groups is 3. The topological polar surface area (TPSA) is 86.7 Å².